The minimum absolute atomic E-state index is 0.429. The van der Waals surface area contributed by atoms with Crippen LogP contribution >= 0.6 is 0 Å². The van der Waals surface area contributed by atoms with Gasteiger partial charge in [0.15, 0.2) is 5.76 Å². The first-order chi connectivity index (χ1) is 13.2. The fourth-order valence-electron chi connectivity index (χ4n) is 2.84. The molecule has 0 fully saturated rings. The lowest BCUT2D eigenvalue weighted by Gasteiger charge is -2.05. The van der Waals surface area contributed by atoms with E-state index in [4.69, 9.17) is 14.0 Å². The molecule has 2 aromatic rings. The number of aromatic nitrogens is 2. The molecule has 0 radical (unpaired) electrons. The topological polar surface area (TPSA) is 69.4 Å². The summed E-state index contributed by atoms with van der Waals surface area (Å²) in [5, 5.41) is 7.52. The number of fused-ring (bicyclic) bond motifs is 1. The largest absolute Gasteiger partial charge is 0.498 e. The van der Waals surface area contributed by atoms with Crippen LogP contribution in [0.3, 0.4) is 0 Å². The van der Waals surface area contributed by atoms with Crippen LogP contribution in [0.4, 0.5) is 5.69 Å². The summed E-state index contributed by atoms with van der Waals surface area (Å²) < 4.78 is 16.5. The lowest BCUT2D eigenvalue weighted by Crippen LogP contribution is -1.93. The van der Waals surface area contributed by atoms with Crippen LogP contribution in [0.2, 0.25) is 0 Å². The third-order valence-electron chi connectivity index (χ3n) is 4.07. The normalized spacial score (nSPS) is 14.3. The zero-order valence-corrected chi connectivity index (χ0v) is 16.0. The molecule has 1 aliphatic heterocycles. The second-order valence-corrected chi connectivity index (χ2v) is 5.98. The van der Waals surface area contributed by atoms with Crippen molar-refractivity contribution in [1.29, 1.82) is 0 Å². The molecule has 0 atom stereocenters. The Labute approximate surface area is 159 Å². The number of hydrogen-bond acceptors (Lipinski definition) is 6. The Morgan fingerprint density at radius 2 is 2.19 bits per heavy atom. The van der Waals surface area contributed by atoms with Gasteiger partial charge in [-0.2, -0.15) is 4.98 Å². The first-order valence-electron chi connectivity index (χ1n) is 9.25. The van der Waals surface area contributed by atoms with E-state index in [2.05, 4.69) is 27.6 Å². The molecule has 0 aliphatic carbocycles. The predicted octanol–water partition coefficient (Wildman–Crippen LogP) is 4.58. The number of hydrogen-bond donors (Lipinski definition) is 1. The molecule has 27 heavy (non-hydrogen) atoms. The van der Waals surface area contributed by atoms with Crippen LogP contribution in [0, 0.1) is 0 Å². The summed E-state index contributed by atoms with van der Waals surface area (Å²) in [4.78, 5) is 4.57. The predicted molar refractivity (Wildman–Crippen MR) is 106 cm³/mol. The summed E-state index contributed by atoms with van der Waals surface area (Å²) in [6, 6.07) is 6.21. The molecular weight excluding hydrogens is 342 g/mol. The highest BCUT2D eigenvalue weighted by Gasteiger charge is 2.15. The third-order valence-corrected chi connectivity index (χ3v) is 4.07. The van der Waals surface area contributed by atoms with Crippen molar-refractivity contribution in [3.8, 4) is 11.4 Å². The van der Waals surface area contributed by atoms with E-state index in [0.29, 0.717) is 30.7 Å². The van der Waals surface area contributed by atoms with E-state index in [-0.39, 0.29) is 0 Å². The zero-order chi connectivity index (χ0) is 19.1. The smallest absolute Gasteiger partial charge is 0.258 e. The van der Waals surface area contributed by atoms with Crippen LogP contribution in [0.5, 0.6) is 0 Å². The maximum atomic E-state index is 5.61. The first kappa shape index (κ1) is 18.8. The molecule has 0 amide bonds. The Morgan fingerprint density at radius 1 is 1.30 bits per heavy atom. The number of anilines is 1. The number of rotatable bonds is 8. The fourth-order valence-corrected chi connectivity index (χ4v) is 2.84. The van der Waals surface area contributed by atoms with Gasteiger partial charge < -0.3 is 19.3 Å². The van der Waals surface area contributed by atoms with Gasteiger partial charge >= 0.3 is 0 Å². The van der Waals surface area contributed by atoms with Crippen molar-refractivity contribution in [3.63, 3.8) is 0 Å². The average molecular weight is 367 g/mol. The maximum absolute atomic E-state index is 5.61. The highest BCUT2D eigenvalue weighted by molar-refractivity contribution is 5.72. The monoisotopic (exact) mass is 367 g/mol. The number of allylic oxidation sites excluding steroid dienone is 4. The van der Waals surface area contributed by atoms with Crippen LogP contribution in [-0.2, 0) is 15.9 Å². The summed E-state index contributed by atoms with van der Waals surface area (Å²) in [6.45, 7) is 7.86. The molecule has 0 saturated heterocycles. The molecule has 1 aromatic carbocycles. The van der Waals surface area contributed by atoms with Gasteiger partial charge in [-0.15, -0.1) is 0 Å². The third kappa shape index (κ3) is 4.58. The minimum Gasteiger partial charge on any atom is -0.498 e. The molecule has 0 saturated carbocycles. The van der Waals surface area contributed by atoms with E-state index in [1.54, 1.807) is 6.26 Å². The molecule has 1 aliphatic rings. The molecule has 1 N–H and O–H groups in total. The summed E-state index contributed by atoms with van der Waals surface area (Å²) >= 11 is 0. The molecule has 0 spiro atoms. The van der Waals surface area contributed by atoms with E-state index in [1.165, 1.54) is 5.56 Å². The van der Waals surface area contributed by atoms with E-state index in [1.807, 2.05) is 45.1 Å². The number of nitrogens with one attached hydrogen (secondary N) is 1. The lowest BCUT2D eigenvalue weighted by atomic mass is 10.1. The molecular formula is C21H25N3O3. The summed E-state index contributed by atoms with van der Waals surface area (Å²) in [6.07, 6.45) is 8.30. The van der Waals surface area contributed by atoms with Crippen molar-refractivity contribution in [2.75, 3.05) is 25.1 Å². The van der Waals surface area contributed by atoms with Crippen molar-refractivity contribution in [2.24, 2.45) is 0 Å². The van der Waals surface area contributed by atoms with Crippen LogP contribution in [0.15, 0.2) is 53.0 Å². The minimum atomic E-state index is 0.429. The fraction of sp³-hybridized carbons (Fsp3) is 0.333. The van der Waals surface area contributed by atoms with E-state index in [9.17, 15) is 0 Å². The Hall–Kier alpha value is -3.02. The quantitative estimate of drug-likeness (QED) is 0.544. The van der Waals surface area contributed by atoms with Crippen LogP contribution in [0.1, 0.15) is 32.2 Å². The SMILES string of the molecule is C\C=C/C(=C\C(=C\OCC)OCC)c1nc(-c2ccc3c(c2)NCC3)no1. The molecule has 2 heterocycles. The molecule has 1 aromatic heterocycles. The van der Waals surface area contributed by atoms with Gasteiger partial charge in [-0.05, 0) is 44.9 Å². The summed E-state index contributed by atoms with van der Waals surface area (Å²) in [7, 11) is 0. The highest BCUT2D eigenvalue weighted by Crippen LogP contribution is 2.28. The number of nitrogens with zero attached hydrogens (tertiary/aromatic N) is 2. The standard InChI is InChI=1S/C21H25N3O3/c1-4-7-17(12-18(26-6-3)14-25-5-2)21-23-20(24-27-21)16-9-8-15-10-11-22-19(15)13-16/h4,7-9,12-14,22H,5-6,10-11H2,1-3H3/b7-4-,17-12+,18-14-. The average Bonchev–Trinajstić information content (AvgIpc) is 3.34. The van der Waals surface area contributed by atoms with Crippen LogP contribution < -0.4 is 5.32 Å². The Balaban J connectivity index is 1.90. The molecule has 0 bridgehead atoms. The molecule has 0 unspecified atom stereocenters. The van der Waals surface area contributed by atoms with Gasteiger partial charge in [0.2, 0.25) is 5.82 Å². The Bertz CT molecular complexity index is 865. The lowest BCUT2D eigenvalue weighted by molar-refractivity contribution is 0.202. The Morgan fingerprint density at radius 3 is 2.96 bits per heavy atom. The number of benzene rings is 1. The van der Waals surface area contributed by atoms with Gasteiger partial charge in [0.1, 0.15) is 6.26 Å². The first-order valence-corrected chi connectivity index (χ1v) is 9.25. The molecule has 3 rings (SSSR count). The second kappa shape index (κ2) is 9.07. The zero-order valence-electron chi connectivity index (χ0n) is 16.0. The van der Waals surface area contributed by atoms with Crippen LogP contribution in [-0.4, -0.2) is 29.9 Å². The van der Waals surface area contributed by atoms with Gasteiger partial charge in [0, 0.05) is 23.4 Å². The van der Waals surface area contributed by atoms with Crippen molar-refractivity contribution in [3.05, 3.63) is 59.9 Å². The van der Waals surface area contributed by atoms with E-state index in [0.717, 1.165) is 29.8 Å². The van der Waals surface area contributed by atoms with Gasteiger partial charge in [0.25, 0.3) is 5.89 Å². The van der Waals surface area contributed by atoms with Gasteiger partial charge in [-0.25, -0.2) is 0 Å². The van der Waals surface area contributed by atoms with Gasteiger partial charge in [0.05, 0.1) is 13.2 Å². The molecule has 6 heteroatoms. The summed E-state index contributed by atoms with van der Waals surface area (Å²) in [5.41, 5.74) is 4.14. The Kier molecular flexibility index (Phi) is 6.30. The van der Waals surface area contributed by atoms with E-state index < -0.39 is 0 Å². The van der Waals surface area contributed by atoms with Crippen LogP contribution in [0.25, 0.3) is 17.0 Å². The molecule has 6 nitrogen and oxygen atoms in total. The second-order valence-electron chi connectivity index (χ2n) is 5.98. The van der Waals surface area contributed by atoms with Crippen molar-refractivity contribution < 1.29 is 14.0 Å². The van der Waals surface area contributed by atoms with Crippen molar-refractivity contribution in [1.82, 2.24) is 10.1 Å². The van der Waals surface area contributed by atoms with Gasteiger partial charge in [-0.1, -0.05) is 29.4 Å². The molecule has 142 valence electrons. The number of ether oxygens (including phenoxy) is 2. The van der Waals surface area contributed by atoms with Crippen molar-refractivity contribution in [2.45, 2.75) is 27.2 Å². The maximum Gasteiger partial charge on any atom is 0.258 e. The van der Waals surface area contributed by atoms with E-state index >= 15 is 0 Å². The summed E-state index contributed by atoms with van der Waals surface area (Å²) in [5.74, 6) is 1.59. The van der Waals surface area contributed by atoms with Crippen molar-refractivity contribution >= 4 is 11.3 Å². The highest BCUT2D eigenvalue weighted by atomic mass is 16.5. The van der Waals surface area contributed by atoms with Gasteiger partial charge in [-0.3, -0.25) is 0 Å².